The van der Waals surface area contributed by atoms with Gasteiger partial charge in [0.25, 0.3) is 0 Å². The molecule has 74 valence electrons. The van der Waals surface area contributed by atoms with Crippen molar-refractivity contribution in [2.45, 2.75) is 39.5 Å². The van der Waals surface area contributed by atoms with E-state index in [0.717, 1.165) is 25.7 Å². The fourth-order valence-corrected chi connectivity index (χ4v) is 2.77. The van der Waals surface area contributed by atoms with Gasteiger partial charge in [0, 0.05) is 29.7 Å². The molecule has 2 nitrogen and oxygen atoms in total. The molecular formula is C8H19CrO2P. The fraction of sp³-hybridized carbons (Fsp3) is 1.00. The third-order valence-corrected chi connectivity index (χ3v) is 3.75. The molecule has 0 atom stereocenters. The number of hydrogen-bond donors (Lipinski definition) is 1. The normalized spacial score (nSPS) is 10.9. The van der Waals surface area contributed by atoms with E-state index in [9.17, 15) is 9.46 Å². The molecule has 0 fully saturated rings. The smallest absolute Gasteiger partial charge is 0.200 e. The van der Waals surface area contributed by atoms with Crippen LogP contribution in [0.1, 0.15) is 39.5 Å². The molecule has 0 saturated heterocycles. The van der Waals surface area contributed by atoms with E-state index in [1.165, 1.54) is 0 Å². The monoisotopic (exact) mass is 230 g/mol. The third kappa shape index (κ3) is 8.82. The van der Waals surface area contributed by atoms with Gasteiger partial charge in [-0.15, -0.1) is 0 Å². The van der Waals surface area contributed by atoms with Crippen LogP contribution in [0.25, 0.3) is 0 Å². The Bertz CT molecular complexity index is 127. The van der Waals surface area contributed by atoms with Crippen LogP contribution in [0.2, 0.25) is 0 Å². The molecule has 0 aromatic carbocycles. The average Bonchev–Trinajstić information content (AvgIpc) is 1.97. The van der Waals surface area contributed by atoms with E-state index in [0.29, 0.717) is 12.3 Å². The summed E-state index contributed by atoms with van der Waals surface area (Å²) in [5.74, 6) is 0. The minimum absolute atomic E-state index is 0. The van der Waals surface area contributed by atoms with E-state index in [1.807, 2.05) is 13.8 Å². The van der Waals surface area contributed by atoms with Gasteiger partial charge >= 0.3 is 0 Å². The van der Waals surface area contributed by atoms with E-state index in [-0.39, 0.29) is 17.4 Å². The zero-order valence-corrected chi connectivity index (χ0v) is 10.1. The minimum Gasteiger partial charge on any atom is -0.344 e. The molecule has 0 heterocycles. The van der Waals surface area contributed by atoms with Gasteiger partial charge in [-0.25, -0.2) is 0 Å². The fourth-order valence-electron chi connectivity index (χ4n) is 0.922. The van der Waals surface area contributed by atoms with Crippen LogP contribution in [0, 0.1) is 0 Å². The quantitative estimate of drug-likeness (QED) is 0.712. The van der Waals surface area contributed by atoms with Gasteiger partial charge in [-0.3, -0.25) is 4.57 Å². The predicted octanol–water partition coefficient (Wildman–Crippen LogP) is 2.85. The number of unbranched alkanes of at least 4 members (excludes halogenated alkanes) is 2. The second kappa shape index (κ2) is 8.33. The molecule has 0 amide bonds. The summed E-state index contributed by atoms with van der Waals surface area (Å²) in [6.45, 7) is 4.08. The Kier molecular flexibility index (Phi) is 10.6. The molecule has 0 spiro atoms. The Labute approximate surface area is 86.3 Å². The molecular weight excluding hydrogens is 211 g/mol. The summed E-state index contributed by atoms with van der Waals surface area (Å²) in [7, 11) is -2.73. The van der Waals surface area contributed by atoms with Crippen molar-refractivity contribution >= 4 is 7.37 Å². The molecule has 0 aliphatic carbocycles. The zero-order chi connectivity index (χ0) is 8.74. The van der Waals surface area contributed by atoms with Gasteiger partial charge in [0.05, 0.1) is 0 Å². The van der Waals surface area contributed by atoms with Crippen molar-refractivity contribution < 1.29 is 26.8 Å². The first-order valence-electron chi connectivity index (χ1n) is 4.43. The summed E-state index contributed by atoms with van der Waals surface area (Å²) in [6.07, 6.45) is 4.83. The molecule has 12 heavy (non-hydrogen) atoms. The van der Waals surface area contributed by atoms with Crippen molar-refractivity contribution in [3.05, 3.63) is 0 Å². The van der Waals surface area contributed by atoms with Crippen molar-refractivity contribution in [1.29, 1.82) is 0 Å². The summed E-state index contributed by atoms with van der Waals surface area (Å²) in [5, 5.41) is 0. The molecule has 0 radical (unpaired) electrons. The van der Waals surface area contributed by atoms with Crippen molar-refractivity contribution in [3.63, 3.8) is 0 Å². The molecule has 0 aliphatic rings. The summed E-state index contributed by atoms with van der Waals surface area (Å²) < 4.78 is 11.3. The average molecular weight is 230 g/mol. The van der Waals surface area contributed by atoms with Crippen LogP contribution in [-0.2, 0) is 21.9 Å². The molecule has 0 aromatic rings. The Balaban J connectivity index is 0. The van der Waals surface area contributed by atoms with E-state index in [1.54, 1.807) is 0 Å². The molecule has 0 aliphatic heterocycles. The Hall–Kier alpha value is 0.722. The molecule has 0 unspecified atom stereocenters. The van der Waals surface area contributed by atoms with E-state index >= 15 is 0 Å². The van der Waals surface area contributed by atoms with Gasteiger partial charge in [-0.1, -0.05) is 26.7 Å². The van der Waals surface area contributed by atoms with Crippen molar-refractivity contribution in [2.75, 3.05) is 12.3 Å². The van der Waals surface area contributed by atoms with Crippen LogP contribution in [0.15, 0.2) is 0 Å². The molecule has 4 heteroatoms. The molecule has 1 N–H and O–H groups in total. The molecule has 0 aromatic heterocycles. The zero-order valence-electron chi connectivity index (χ0n) is 7.95. The number of rotatable bonds is 6. The van der Waals surface area contributed by atoms with Crippen LogP contribution >= 0.6 is 7.37 Å². The first-order valence-corrected chi connectivity index (χ1v) is 6.46. The van der Waals surface area contributed by atoms with E-state index in [4.69, 9.17) is 0 Å². The largest absolute Gasteiger partial charge is 0.344 e. The molecule has 0 bridgehead atoms. The Morgan fingerprint density at radius 1 is 1.08 bits per heavy atom. The maximum atomic E-state index is 11.3. The van der Waals surface area contributed by atoms with Gasteiger partial charge in [0.15, 0.2) is 0 Å². The Morgan fingerprint density at radius 3 is 1.67 bits per heavy atom. The van der Waals surface area contributed by atoms with Crippen molar-refractivity contribution in [3.8, 4) is 0 Å². The second-order valence-electron chi connectivity index (χ2n) is 3.00. The second-order valence-corrected chi connectivity index (χ2v) is 5.59. The summed E-state index contributed by atoms with van der Waals surface area (Å²) in [4.78, 5) is 9.33. The Morgan fingerprint density at radius 2 is 1.42 bits per heavy atom. The van der Waals surface area contributed by atoms with Crippen molar-refractivity contribution in [2.24, 2.45) is 0 Å². The first kappa shape index (κ1) is 15.2. The van der Waals surface area contributed by atoms with Gasteiger partial charge in [0.1, 0.15) is 0 Å². The van der Waals surface area contributed by atoms with Gasteiger partial charge in [0.2, 0.25) is 7.37 Å². The summed E-state index contributed by atoms with van der Waals surface area (Å²) >= 11 is 0. The maximum absolute atomic E-state index is 11.3. The topological polar surface area (TPSA) is 37.3 Å². The van der Waals surface area contributed by atoms with Crippen LogP contribution in [0.3, 0.4) is 0 Å². The van der Waals surface area contributed by atoms with Crippen molar-refractivity contribution in [1.82, 2.24) is 0 Å². The number of hydrogen-bond acceptors (Lipinski definition) is 1. The summed E-state index contributed by atoms with van der Waals surface area (Å²) in [5.41, 5.74) is 0. The third-order valence-electron chi connectivity index (χ3n) is 1.72. The summed E-state index contributed by atoms with van der Waals surface area (Å²) in [6, 6.07) is 0. The van der Waals surface area contributed by atoms with E-state index in [2.05, 4.69) is 0 Å². The van der Waals surface area contributed by atoms with Gasteiger partial charge < -0.3 is 4.89 Å². The van der Waals surface area contributed by atoms with Crippen LogP contribution in [-0.4, -0.2) is 17.2 Å². The van der Waals surface area contributed by atoms with Gasteiger partial charge in [-0.05, 0) is 12.8 Å². The van der Waals surface area contributed by atoms with Crippen LogP contribution in [0.4, 0.5) is 0 Å². The van der Waals surface area contributed by atoms with E-state index < -0.39 is 7.37 Å². The van der Waals surface area contributed by atoms with Crippen LogP contribution < -0.4 is 0 Å². The molecule has 0 saturated carbocycles. The van der Waals surface area contributed by atoms with Crippen LogP contribution in [0.5, 0.6) is 0 Å². The van der Waals surface area contributed by atoms with Gasteiger partial charge in [-0.2, -0.15) is 0 Å². The SMILES string of the molecule is CCCCP(=O)(O)CCCC.[Cr]. The predicted molar refractivity (Wildman–Crippen MR) is 49.4 cm³/mol. The molecule has 0 rings (SSSR count). The first-order chi connectivity index (χ1) is 5.12. The minimum atomic E-state index is -2.73. The standard InChI is InChI=1S/C8H19O2P.Cr/c1-3-5-7-11(9,10)8-6-4-2;/h3-8H2,1-2H3,(H,9,10);. The maximum Gasteiger partial charge on any atom is 0.200 e.